The zero-order valence-electron chi connectivity index (χ0n) is 6.50. The second-order valence-corrected chi connectivity index (χ2v) is 2.84. The van der Waals surface area contributed by atoms with Crippen molar-refractivity contribution >= 4 is 5.91 Å². The van der Waals surface area contributed by atoms with Crippen LogP contribution in [0.5, 0.6) is 0 Å². The van der Waals surface area contributed by atoms with Gasteiger partial charge in [-0.05, 0) is 13.8 Å². The molecule has 0 atom stereocenters. The molecule has 57 valence electrons. The van der Waals surface area contributed by atoms with Crippen LogP contribution in [0.2, 0.25) is 0 Å². The highest BCUT2D eigenvalue weighted by Gasteiger charge is 2.18. The summed E-state index contributed by atoms with van der Waals surface area (Å²) < 4.78 is 0. The second-order valence-electron chi connectivity index (χ2n) is 2.84. The molecule has 1 aliphatic heterocycles. The summed E-state index contributed by atoms with van der Waals surface area (Å²) in [5, 5.41) is 3.78. The summed E-state index contributed by atoms with van der Waals surface area (Å²) in [6.07, 6.45) is 0. The molecule has 0 aliphatic carbocycles. The third-order valence-corrected chi connectivity index (χ3v) is 1.74. The lowest BCUT2D eigenvalue weighted by Gasteiger charge is -2.28. The summed E-state index contributed by atoms with van der Waals surface area (Å²) in [6.45, 7) is 6.31. The number of hydrogen-bond acceptors (Lipinski definition) is 2. The first-order valence-electron chi connectivity index (χ1n) is 3.64. The highest BCUT2D eigenvalue weighted by molar-refractivity contribution is 5.78. The van der Waals surface area contributed by atoms with Crippen LogP contribution in [0.1, 0.15) is 13.8 Å². The monoisotopic (exact) mass is 141 g/mol. The molecular weight excluding hydrogens is 128 g/mol. The first-order valence-corrected chi connectivity index (χ1v) is 3.64. The predicted octanol–water partition coefficient (Wildman–Crippen LogP) is -0.159. The van der Waals surface area contributed by atoms with Gasteiger partial charge in [0.1, 0.15) is 0 Å². The maximum atomic E-state index is 10.8. The number of hydrogen-bond donors (Lipinski definition) is 0. The molecule has 1 saturated heterocycles. The molecule has 1 amide bonds. The van der Waals surface area contributed by atoms with E-state index in [9.17, 15) is 4.79 Å². The molecule has 3 heteroatoms. The van der Waals surface area contributed by atoms with E-state index >= 15 is 0 Å². The fraction of sp³-hybridized carbons (Fsp3) is 0.857. The molecule has 0 N–H and O–H groups in total. The van der Waals surface area contributed by atoms with Gasteiger partial charge in [0.25, 0.3) is 5.91 Å². The average Bonchev–Trinajstić information content (AvgIpc) is 1.88. The zero-order chi connectivity index (χ0) is 7.56. The third-order valence-electron chi connectivity index (χ3n) is 1.74. The van der Waals surface area contributed by atoms with E-state index in [0.717, 1.165) is 6.54 Å². The number of rotatable bonds is 1. The molecule has 0 saturated carbocycles. The van der Waals surface area contributed by atoms with E-state index in [2.05, 4.69) is 24.1 Å². The predicted molar refractivity (Wildman–Crippen MR) is 38.7 cm³/mol. The SMILES string of the molecule is CC(C)N1CC[N]C(=O)C1. The van der Waals surface area contributed by atoms with Crippen molar-refractivity contribution < 1.29 is 4.79 Å². The van der Waals surface area contributed by atoms with Gasteiger partial charge < -0.3 is 0 Å². The van der Waals surface area contributed by atoms with Crippen LogP contribution in [0, 0.1) is 0 Å². The van der Waals surface area contributed by atoms with Crippen LogP contribution in [-0.4, -0.2) is 36.5 Å². The van der Waals surface area contributed by atoms with Gasteiger partial charge in [-0.15, -0.1) is 0 Å². The van der Waals surface area contributed by atoms with Gasteiger partial charge in [-0.25, -0.2) is 5.32 Å². The van der Waals surface area contributed by atoms with E-state index in [1.807, 2.05) is 0 Å². The van der Waals surface area contributed by atoms with Crippen molar-refractivity contribution in [2.75, 3.05) is 19.6 Å². The summed E-state index contributed by atoms with van der Waals surface area (Å²) >= 11 is 0. The average molecular weight is 141 g/mol. The van der Waals surface area contributed by atoms with Crippen molar-refractivity contribution in [3.63, 3.8) is 0 Å². The van der Waals surface area contributed by atoms with Gasteiger partial charge in [0, 0.05) is 12.6 Å². The largest absolute Gasteiger partial charge is 0.290 e. The Balaban J connectivity index is 2.39. The van der Waals surface area contributed by atoms with Crippen LogP contribution in [0.15, 0.2) is 0 Å². The van der Waals surface area contributed by atoms with Crippen LogP contribution < -0.4 is 5.32 Å². The summed E-state index contributed by atoms with van der Waals surface area (Å²) in [5.74, 6) is 0.0277. The smallest absolute Gasteiger partial charge is 0.255 e. The lowest BCUT2D eigenvalue weighted by Crippen LogP contribution is -2.47. The van der Waals surface area contributed by atoms with Gasteiger partial charge >= 0.3 is 0 Å². The highest BCUT2D eigenvalue weighted by Crippen LogP contribution is 1.99. The Labute approximate surface area is 61.4 Å². The molecule has 0 aromatic rings. The molecular formula is C7H13N2O. The Bertz CT molecular complexity index is 134. The Kier molecular flexibility index (Phi) is 2.27. The summed E-state index contributed by atoms with van der Waals surface area (Å²) in [5.41, 5.74) is 0. The first-order chi connectivity index (χ1) is 4.70. The Morgan fingerprint density at radius 1 is 1.60 bits per heavy atom. The van der Waals surface area contributed by atoms with E-state index in [-0.39, 0.29) is 5.91 Å². The molecule has 0 bridgehead atoms. The highest BCUT2D eigenvalue weighted by atomic mass is 16.2. The van der Waals surface area contributed by atoms with Gasteiger partial charge in [-0.1, -0.05) is 0 Å². The second kappa shape index (κ2) is 3.01. The van der Waals surface area contributed by atoms with Crippen LogP contribution in [0.25, 0.3) is 0 Å². The van der Waals surface area contributed by atoms with Gasteiger partial charge in [0.15, 0.2) is 0 Å². The molecule has 1 rings (SSSR count). The molecule has 0 aromatic heterocycles. The minimum atomic E-state index is 0.0277. The van der Waals surface area contributed by atoms with Crippen molar-refractivity contribution in [3.05, 3.63) is 0 Å². The number of piperazine rings is 1. The van der Waals surface area contributed by atoms with E-state index < -0.39 is 0 Å². The maximum Gasteiger partial charge on any atom is 0.255 e. The molecule has 1 aliphatic rings. The molecule has 1 heterocycles. The van der Waals surface area contributed by atoms with Crippen molar-refractivity contribution in [1.82, 2.24) is 10.2 Å². The number of carbonyl (C=O) groups is 1. The van der Waals surface area contributed by atoms with Crippen LogP contribution in [0.4, 0.5) is 0 Å². The maximum absolute atomic E-state index is 10.8. The van der Waals surface area contributed by atoms with Crippen molar-refractivity contribution in [3.8, 4) is 0 Å². The molecule has 10 heavy (non-hydrogen) atoms. The lowest BCUT2D eigenvalue weighted by molar-refractivity contribution is -0.125. The van der Waals surface area contributed by atoms with E-state index in [0.29, 0.717) is 19.1 Å². The fourth-order valence-corrected chi connectivity index (χ4v) is 1.05. The quantitative estimate of drug-likeness (QED) is 0.508. The molecule has 1 fully saturated rings. The normalized spacial score (nSPS) is 21.3. The van der Waals surface area contributed by atoms with Crippen molar-refractivity contribution in [2.24, 2.45) is 0 Å². The minimum absolute atomic E-state index is 0.0277. The van der Waals surface area contributed by atoms with E-state index in [1.165, 1.54) is 0 Å². The third kappa shape index (κ3) is 1.70. The summed E-state index contributed by atoms with van der Waals surface area (Å²) in [4.78, 5) is 12.9. The van der Waals surface area contributed by atoms with Gasteiger partial charge in [-0.2, -0.15) is 0 Å². The molecule has 0 unspecified atom stereocenters. The molecule has 1 radical (unpaired) electrons. The Morgan fingerprint density at radius 2 is 2.30 bits per heavy atom. The molecule has 0 spiro atoms. The number of carbonyl (C=O) groups excluding carboxylic acids is 1. The zero-order valence-corrected chi connectivity index (χ0v) is 6.50. The minimum Gasteiger partial charge on any atom is -0.290 e. The standard InChI is InChI=1S/C7H13N2O/c1-6(2)9-4-3-8-7(10)5-9/h6H,3-5H2,1-2H3. The topological polar surface area (TPSA) is 34.4 Å². The number of amides is 1. The summed E-state index contributed by atoms with van der Waals surface area (Å²) in [6, 6.07) is 0.472. The van der Waals surface area contributed by atoms with E-state index in [4.69, 9.17) is 0 Å². The number of nitrogens with zero attached hydrogens (tertiary/aromatic N) is 2. The van der Waals surface area contributed by atoms with Gasteiger partial charge in [0.05, 0.1) is 13.1 Å². The first kappa shape index (κ1) is 7.54. The lowest BCUT2D eigenvalue weighted by atomic mass is 10.2. The fourth-order valence-electron chi connectivity index (χ4n) is 1.05. The van der Waals surface area contributed by atoms with Crippen LogP contribution >= 0.6 is 0 Å². The van der Waals surface area contributed by atoms with Crippen molar-refractivity contribution in [1.29, 1.82) is 0 Å². The summed E-state index contributed by atoms with van der Waals surface area (Å²) in [7, 11) is 0. The Morgan fingerprint density at radius 3 is 2.70 bits per heavy atom. The van der Waals surface area contributed by atoms with E-state index in [1.54, 1.807) is 0 Å². The van der Waals surface area contributed by atoms with Crippen LogP contribution in [-0.2, 0) is 4.79 Å². The molecule has 3 nitrogen and oxygen atoms in total. The van der Waals surface area contributed by atoms with Gasteiger partial charge in [0.2, 0.25) is 0 Å². The van der Waals surface area contributed by atoms with Crippen LogP contribution in [0.3, 0.4) is 0 Å². The molecule has 0 aromatic carbocycles. The van der Waals surface area contributed by atoms with Gasteiger partial charge in [-0.3, -0.25) is 9.69 Å². The van der Waals surface area contributed by atoms with Crippen molar-refractivity contribution in [2.45, 2.75) is 19.9 Å². The Hall–Kier alpha value is -0.570.